The molecular formula is C21H29NO. The molecule has 2 nitrogen and oxygen atoms in total. The van der Waals surface area contributed by atoms with Gasteiger partial charge in [-0.2, -0.15) is 0 Å². The normalized spacial score (nSPS) is 13.4. The lowest BCUT2D eigenvalue weighted by Crippen LogP contribution is -2.12. The first-order valence-corrected chi connectivity index (χ1v) is 8.51. The largest absolute Gasteiger partial charge is 0.497 e. The molecule has 2 aromatic rings. The first-order chi connectivity index (χ1) is 11.1. The van der Waals surface area contributed by atoms with E-state index >= 15 is 0 Å². The minimum Gasteiger partial charge on any atom is -0.497 e. The fourth-order valence-electron chi connectivity index (χ4n) is 3.38. The molecule has 0 radical (unpaired) electrons. The lowest BCUT2D eigenvalue weighted by molar-refractivity contribution is 0.414. The number of nitrogens with zero attached hydrogens (tertiary/aromatic N) is 1. The van der Waals surface area contributed by atoms with Crippen molar-refractivity contribution in [3.05, 3.63) is 59.7 Å². The standard InChI is InChI=1S/C21H29NO/c1-6-20(16-8-12-18(13-9-16)22(3)4)21(7-2)17-10-14-19(23-5)15-11-17/h8-15,20-21H,6-7H2,1-5H3/t20-,21-/m0/s1. The molecule has 2 heteroatoms. The molecule has 2 atom stereocenters. The quantitative estimate of drug-likeness (QED) is 0.674. The highest BCUT2D eigenvalue weighted by Crippen LogP contribution is 2.38. The third kappa shape index (κ3) is 4.07. The number of ether oxygens (including phenoxy) is 1. The first-order valence-electron chi connectivity index (χ1n) is 8.51. The van der Waals surface area contributed by atoms with Crippen molar-refractivity contribution in [2.45, 2.75) is 38.5 Å². The van der Waals surface area contributed by atoms with Crippen LogP contribution in [0.3, 0.4) is 0 Å². The monoisotopic (exact) mass is 311 g/mol. The first kappa shape index (κ1) is 17.4. The summed E-state index contributed by atoms with van der Waals surface area (Å²) < 4.78 is 5.28. The van der Waals surface area contributed by atoms with Crippen LogP contribution in [0, 0.1) is 0 Å². The van der Waals surface area contributed by atoms with Gasteiger partial charge in [-0.3, -0.25) is 0 Å². The van der Waals surface area contributed by atoms with Crippen LogP contribution in [0.2, 0.25) is 0 Å². The average Bonchev–Trinajstić information content (AvgIpc) is 2.60. The molecule has 0 amide bonds. The molecule has 0 bridgehead atoms. The Morgan fingerprint density at radius 2 is 1.22 bits per heavy atom. The Balaban J connectivity index is 2.28. The van der Waals surface area contributed by atoms with Crippen molar-refractivity contribution in [2.24, 2.45) is 0 Å². The van der Waals surface area contributed by atoms with Crippen molar-refractivity contribution in [1.82, 2.24) is 0 Å². The smallest absolute Gasteiger partial charge is 0.118 e. The summed E-state index contributed by atoms with van der Waals surface area (Å²) in [6.45, 7) is 4.57. The van der Waals surface area contributed by atoms with Crippen LogP contribution in [0.15, 0.2) is 48.5 Å². The maximum absolute atomic E-state index is 5.28. The zero-order valence-corrected chi connectivity index (χ0v) is 15.0. The maximum Gasteiger partial charge on any atom is 0.118 e. The van der Waals surface area contributed by atoms with E-state index in [1.807, 2.05) is 0 Å². The SMILES string of the molecule is CC[C@@H](c1ccc(OC)cc1)[C@@H](CC)c1ccc(N(C)C)cc1. The maximum atomic E-state index is 5.28. The Labute approximate surface area is 141 Å². The third-order valence-corrected chi connectivity index (χ3v) is 4.75. The molecule has 0 N–H and O–H groups in total. The summed E-state index contributed by atoms with van der Waals surface area (Å²) in [5, 5.41) is 0. The van der Waals surface area contributed by atoms with Crippen molar-refractivity contribution < 1.29 is 4.74 Å². The molecule has 0 aliphatic heterocycles. The summed E-state index contributed by atoms with van der Waals surface area (Å²) in [6, 6.07) is 17.6. The van der Waals surface area contributed by atoms with Crippen molar-refractivity contribution in [1.29, 1.82) is 0 Å². The van der Waals surface area contributed by atoms with Crippen LogP contribution in [-0.2, 0) is 0 Å². The Morgan fingerprint density at radius 3 is 1.57 bits per heavy atom. The predicted octanol–water partition coefficient (Wildman–Crippen LogP) is 5.45. The molecule has 124 valence electrons. The van der Waals surface area contributed by atoms with Crippen LogP contribution >= 0.6 is 0 Å². The number of rotatable bonds is 7. The Bertz CT molecular complexity index is 586. The van der Waals surface area contributed by atoms with Gasteiger partial charge >= 0.3 is 0 Å². The van der Waals surface area contributed by atoms with Crippen LogP contribution in [0.4, 0.5) is 5.69 Å². The Morgan fingerprint density at radius 1 is 0.783 bits per heavy atom. The predicted molar refractivity (Wildman–Crippen MR) is 99.8 cm³/mol. The fraction of sp³-hybridized carbons (Fsp3) is 0.429. The zero-order chi connectivity index (χ0) is 16.8. The van der Waals surface area contributed by atoms with Crippen molar-refractivity contribution in [3.8, 4) is 5.75 Å². The van der Waals surface area contributed by atoms with E-state index in [4.69, 9.17) is 4.74 Å². The van der Waals surface area contributed by atoms with Gasteiger partial charge in [0, 0.05) is 19.8 Å². The van der Waals surface area contributed by atoms with Gasteiger partial charge in [-0.05, 0) is 60.1 Å². The number of benzene rings is 2. The summed E-state index contributed by atoms with van der Waals surface area (Å²) in [5.74, 6) is 2.01. The number of hydrogen-bond acceptors (Lipinski definition) is 2. The lowest BCUT2D eigenvalue weighted by atomic mass is 9.78. The van der Waals surface area contributed by atoms with Crippen LogP contribution in [0.5, 0.6) is 5.75 Å². The topological polar surface area (TPSA) is 12.5 Å². The number of hydrogen-bond donors (Lipinski definition) is 0. The number of methoxy groups -OCH3 is 1. The Hall–Kier alpha value is -1.96. The molecule has 23 heavy (non-hydrogen) atoms. The second-order valence-electron chi connectivity index (χ2n) is 6.29. The highest BCUT2D eigenvalue weighted by Gasteiger charge is 2.22. The van der Waals surface area contributed by atoms with E-state index in [9.17, 15) is 0 Å². The summed E-state index contributed by atoms with van der Waals surface area (Å²) in [6.07, 6.45) is 2.28. The van der Waals surface area contributed by atoms with Gasteiger partial charge in [-0.1, -0.05) is 38.1 Å². The van der Waals surface area contributed by atoms with Gasteiger partial charge in [0.1, 0.15) is 5.75 Å². The van der Waals surface area contributed by atoms with Gasteiger partial charge < -0.3 is 9.64 Å². The van der Waals surface area contributed by atoms with Crippen LogP contribution in [0.1, 0.15) is 49.7 Å². The molecule has 0 spiro atoms. The van der Waals surface area contributed by atoms with Gasteiger partial charge in [-0.25, -0.2) is 0 Å². The Kier molecular flexibility index (Phi) is 6.09. The zero-order valence-electron chi connectivity index (χ0n) is 15.0. The molecule has 0 saturated heterocycles. The molecular weight excluding hydrogens is 282 g/mol. The van der Waals surface area contributed by atoms with E-state index in [0.29, 0.717) is 11.8 Å². The minimum atomic E-state index is 0.538. The molecule has 0 saturated carbocycles. The fourth-order valence-corrected chi connectivity index (χ4v) is 3.38. The average molecular weight is 311 g/mol. The van der Waals surface area contributed by atoms with Gasteiger partial charge in [-0.15, -0.1) is 0 Å². The second-order valence-corrected chi connectivity index (χ2v) is 6.29. The van der Waals surface area contributed by atoms with Gasteiger partial charge in [0.2, 0.25) is 0 Å². The molecule has 0 aromatic heterocycles. The summed E-state index contributed by atoms with van der Waals surface area (Å²) >= 11 is 0. The van der Waals surface area contributed by atoms with E-state index < -0.39 is 0 Å². The van der Waals surface area contributed by atoms with Crippen LogP contribution in [-0.4, -0.2) is 21.2 Å². The second kappa shape index (κ2) is 8.05. The minimum absolute atomic E-state index is 0.538. The molecule has 0 unspecified atom stereocenters. The van der Waals surface area contributed by atoms with Crippen LogP contribution in [0.25, 0.3) is 0 Å². The summed E-state index contributed by atoms with van der Waals surface area (Å²) in [5.41, 5.74) is 4.08. The van der Waals surface area contributed by atoms with Gasteiger partial charge in [0.15, 0.2) is 0 Å². The van der Waals surface area contributed by atoms with E-state index in [1.54, 1.807) is 7.11 Å². The third-order valence-electron chi connectivity index (χ3n) is 4.75. The molecule has 0 aliphatic rings. The van der Waals surface area contributed by atoms with E-state index in [0.717, 1.165) is 18.6 Å². The van der Waals surface area contributed by atoms with Gasteiger partial charge in [0.05, 0.1) is 7.11 Å². The van der Waals surface area contributed by atoms with Crippen molar-refractivity contribution >= 4 is 5.69 Å². The van der Waals surface area contributed by atoms with Crippen molar-refractivity contribution in [3.63, 3.8) is 0 Å². The molecule has 0 fully saturated rings. The highest BCUT2D eigenvalue weighted by molar-refractivity contribution is 5.47. The molecule has 0 aliphatic carbocycles. The van der Waals surface area contributed by atoms with Gasteiger partial charge in [0.25, 0.3) is 0 Å². The van der Waals surface area contributed by atoms with Crippen molar-refractivity contribution in [2.75, 3.05) is 26.1 Å². The summed E-state index contributed by atoms with van der Waals surface area (Å²) in [4.78, 5) is 2.14. The molecule has 2 rings (SSSR count). The van der Waals surface area contributed by atoms with Crippen LogP contribution < -0.4 is 9.64 Å². The molecule has 0 heterocycles. The van der Waals surface area contributed by atoms with E-state index in [-0.39, 0.29) is 0 Å². The lowest BCUT2D eigenvalue weighted by Gasteiger charge is -2.27. The van der Waals surface area contributed by atoms with E-state index in [2.05, 4.69) is 81.4 Å². The summed E-state index contributed by atoms with van der Waals surface area (Å²) in [7, 11) is 5.88. The molecule has 2 aromatic carbocycles. The van der Waals surface area contributed by atoms with E-state index in [1.165, 1.54) is 16.8 Å². The highest BCUT2D eigenvalue weighted by atomic mass is 16.5. The number of anilines is 1.